The first-order valence-electron chi connectivity index (χ1n) is 5.29. The molecule has 0 atom stereocenters. The van der Waals surface area contributed by atoms with Gasteiger partial charge in [-0.05, 0) is 13.8 Å². The Morgan fingerprint density at radius 3 is 2.83 bits per heavy atom. The molecule has 2 aromatic heterocycles. The first-order valence-corrected chi connectivity index (χ1v) is 5.29. The molecular weight excluding hydrogens is 236 g/mol. The van der Waals surface area contributed by atoms with E-state index in [4.69, 9.17) is 9.63 Å². The average molecular weight is 248 g/mol. The number of aryl methyl sites for hydroxylation is 2. The Kier molecular flexibility index (Phi) is 3.22. The molecule has 2 aromatic rings. The summed E-state index contributed by atoms with van der Waals surface area (Å²) in [6, 6.07) is 1.80. The van der Waals surface area contributed by atoms with Crippen molar-refractivity contribution in [2.24, 2.45) is 0 Å². The molecule has 2 N–H and O–H groups in total. The molecular formula is C11H12N4O3. The Morgan fingerprint density at radius 2 is 2.28 bits per heavy atom. The maximum absolute atomic E-state index is 10.8. The van der Waals surface area contributed by atoms with Crippen molar-refractivity contribution >= 4 is 11.9 Å². The lowest BCUT2D eigenvalue weighted by Crippen LogP contribution is -2.08. The summed E-state index contributed by atoms with van der Waals surface area (Å²) >= 11 is 0. The number of aromatic nitrogens is 3. The van der Waals surface area contributed by atoms with Gasteiger partial charge >= 0.3 is 5.97 Å². The lowest BCUT2D eigenvalue weighted by molar-refractivity contribution is 0.0695. The average Bonchev–Trinajstić information content (AvgIpc) is 2.72. The summed E-state index contributed by atoms with van der Waals surface area (Å²) in [5.74, 6) is 0.0504. The highest BCUT2D eigenvalue weighted by atomic mass is 16.5. The van der Waals surface area contributed by atoms with Crippen LogP contribution in [0.25, 0.3) is 0 Å². The molecule has 0 aliphatic rings. The van der Waals surface area contributed by atoms with Gasteiger partial charge in [-0.15, -0.1) is 0 Å². The molecule has 0 bridgehead atoms. The van der Waals surface area contributed by atoms with Gasteiger partial charge in [-0.25, -0.2) is 14.8 Å². The predicted octanol–water partition coefficient (Wildman–Crippen LogP) is 1.39. The fraction of sp³-hybridized carbons (Fsp3) is 0.273. The molecule has 0 unspecified atom stereocenters. The molecule has 0 saturated heterocycles. The van der Waals surface area contributed by atoms with Gasteiger partial charge in [0.15, 0.2) is 0 Å². The van der Waals surface area contributed by atoms with E-state index >= 15 is 0 Å². The highest BCUT2D eigenvalue weighted by Crippen LogP contribution is 2.08. The van der Waals surface area contributed by atoms with Gasteiger partial charge in [0.25, 0.3) is 0 Å². The third-order valence-corrected chi connectivity index (χ3v) is 2.31. The maximum Gasteiger partial charge on any atom is 0.339 e. The minimum absolute atomic E-state index is 0.0952. The molecule has 0 amide bonds. The molecule has 0 aliphatic heterocycles. The molecule has 0 spiro atoms. The van der Waals surface area contributed by atoms with Gasteiger partial charge < -0.3 is 14.9 Å². The van der Waals surface area contributed by atoms with E-state index in [-0.39, 0.29) is 5.56 Å². The van der Waals surface area contributed by atoms with Gasteiger partial charge in [0.1, 0.15) is 11.5 Å². The molecule has 0 saturated carbocycles. The van der Waals surface area contributed by atoms with Gasteiger partial charge in [0.2, 0.25) is 5.95 Å². The molecule has 0 fully saturated rings. The lowest BCUT2D eigenvalue weighted by Gasteiger charge is -2.04. The van der Waals surface area contributed by atoms with E-state index in [0.717, 1.165) is 11.5 Å². The Balaban J connectivity index is 2.06. The Hall–Kier alpha value is -2.44. The van der Waals surface area contributed by atoms with Gasteiger partial charge in [-0.1, -0.05) is 5.16 Å². The van der Waals surface area contributed by atoms with E-state index in [9.17, 15) is 4.79 Å². The van der Waals surface area contributed by atoms with Crippen LogP contribution >= 0.6 is 0 Å². The first kappa shape index (κ1) is 12.0. The molecule has 2 heterocycles. The van der Waals surface area contributed by atoms with Crippen molar-refractivity contribution in [3.63, 3.8) is 0 Å². The lowest BCUT2D eigenvalue weighted by atomic mass is 10.2. The highest BCUT2D eigenvalue weighted by Gasteiger charge is 2.10. The van der Waals surface area contributed by atoms with Crippen molar-refractivity contribution in [2.75, 3.05) is 5.32 Å². The first-order chi connectivity index (χ1) is 8.56. The zero-order valence-corrected chi connectivity index (χ0v) is 9.97. The number of carboxylic acid groups (broad SMARTS) is 1. The Labute approximate surface area is 103 Å². The standard InChI is InChI=1S/C11H12N4O3/c1-6-3-8(15-18-6)4-12-11-13-5-9(10(16)17)7(2)14-11/h3,5H,4H2,1-2H3,(H,16,17)(H,12,13,14). The van der Waals surface area contributed by atoms with Gasteiger partial charge in [-0.3, -0.25) is 0 Å². The summed E-state index contributed by atoms with van der Waals surface area (Å²) in [6.07, 6.45) is 1.28. The molecule has 2 rings (SSSR count). The van der Waals surface area contributed by atoms with E-state index in [1.165, 1.54) is 6.20 Å². The van der Waals surface area contributed by atoms with Gasteiger partial charge in [0, 0.05) is 12.3 Å². The smallest absolute Gasteiger partial charge is 0.339 e. The minimum Gasteiger partial charge on any atom is -0.478 e. The summed E-state index contributed by atoms with van der Waals surface area (Å²) in [5.41, 5.74) is 1.24. The zero-order valence-electron chi connectivity index (χ0n) is 9.97. The summed E-state index contributed by atoms with van der Waals surface area (Å²) in [6.45, 7) is 3.85. The number of rotatable bonds is 4. The van der Waals surface area contributed by atoms with Crippen LogP contribution in [0.1, 0.15) is 27.5 Å². The van der Waals surface area contributed by atoms with Crippen LogP contribution in [0, 0.1) is 13.8 Å². The second kappa shape index (κ2) is 4.82. The van der Waals surface area contributed by atoms with Crippen LogP contribution in [0.2, 0.25) is 0 Å². The number of hydrogen-bond acceptors (Lipinski definition) is 6. The van der Waals surface area contributed by atoms with Crippen molar-refractivity contribution in [3.05, 3.63) is 35.0 Å². The molecule has 0 aromatic carbocycles. The number of nitrogens with one attached hydrogen (secondary N) is 1. The Morgan fingerprint density at radius 1 is 1.50 bits per heavy atom. The molecule has 0 radical (unpaired) electrons. The van der Waals surface area contributed by atoms with Crippen molar-refractivity contribution < 1.29 is 14.4 Å². The van der Waals surface area contributed by atoms with E-state index in [2.05, 4.69) is 20.4 Å². The maximum atomic E-state index is 10.8. The molecule has 18 heavy (non-hydrogen) atoms. The SMILES string of the molecule is Cc1cc(CNc2ncc(C(=O)O)c(C)n2)no1. The second-order valence-electron chi connectivity index (χ2n) is 3.78. The second-order valence-corrected chi connectivity index (χ2v) is 3.78. The number of anilines is 1. The van der Waals surface area contributed by atoms with E-state index < -0.39 is 5.97 Å². The van der Waals surface area contributed by atoms with E-state index in [0.29, 0.717) is 18.2 Å². The quantitative estimate of drug-likeness (QED) is 0.842. The molecule has 7 heteroatoms. The van der Waals surface area contributed by atoms with Crippen molar-refractivity contribution in [1.82, 2.24) is 15.1 Å². The van der Waals surface area contributed by atoms with Crippen molar-refractivity contribution in [2.45, 2.75) is 20.4 Å². The van der Waals surface area contributed by atoms with Crippen LogP contribution in [-0.4, -0.2) is 26.2 Å². The predicted molar refractivity (Wildman–Crippen MR) is 62.3 cm³/mol. The normalized spacial score (nSPS) is 10.3. The largest absolute Gasteiger partial charge is 0.478 e. The summed E-state index contributed by atoms with van der Waals surface area (Å²) in [5, 5.41) is 15.6. The van der Waals surface area contributed by atoms with Crippen LogP contribution < -0.4 is 5.32 Å². The Bertz CT molecular complexity index is 579. The van der Waals surface area contributed by atoms with Crippen LogP contribution in [0.3, 0.4) is 0 Å². The van der Waals surface area contributed by atoms with E-state index in [1.54, 1.807) is 19.9 Å². The topological polar surface area (TPSA) is 101 Å². The molecule has 94 valence electrons. The van der Waals surface area contributed by atoms with Crippen molar-refractivity contribution in [3.8, 4) is 0 Å². The summed E-state index contributed by atoms with van der Waals surface area (Å²) in [4.78, 5) is 18.8. The minimum atomic E-state index is -1.04. The van der Waals surface area contributed by atoms with Crippen LogP contribution in [0.4, 0.5) is 5.95 Å². The number of aromatic carboxylic acids is 1. The fourth-order valence-corrected chi connectivity index (χ4v) is 1.43. The van der Waals surface area contributed by atoms with E-state index in [1.807, 2.05) is 0 Å². The van der Waals surface area contributed by atoms with Crippen LogP contribution in [-0.2, 0) is 6.54 Å². The van der Waals surface area contributed by atoms with Crippen molar-refractivity contribution in [1.29, 1.82) is 0 Å². The zero-order chi connectivity index (χ0) is 13.1. The van der Waals surface area contributed by atoms with Gasteiger partial charge in [0.05, 0.1) is 17.8 Å². The van der Waals surface area contributed by atoms with Gasteiger partial charge in [-0.2, -0.15) is 0 Å². The number of nitrogens with zero attached hydrogens (tertiary/aromatic N) is 3. The molecule has 0 aliphatic carbocycles. The monoisotopic (exact) mass is 248 g/mol. The highest BCUT2D eigenvalue weighted by molar-refractivity contribution is 5.88. The number of carboxylic acids is 1. The van der Waals surface area contributed by atoms with Crippen LogP contribution in [0.15, 0.2) is 16.8 Å². The third kappa shape index (κ3) is 2.62. The third-order valence-electron chi connectivity index (χ3n) is 2.31. The summed E-state index contributed by atoms with van der Waals surface area (Å²) < 4.78 is 4.92. The molecule has 7 nitrogen and oxygen atoms in total. The summed E-state index contributed by atoms with van der Waals surface area (Å²) in [7, 11) is 0. The number of carbonyl (C=O) groups is 1. The number of hydrogen-bond donors (Lipinski definition) is 2. The fourth-order valence-electron chi connectivity index (χ4n) is 1.43. The van der Waals surface area contributed by atoms with Crippen LogP contribution in [0.5, 0.6) is 0 Å².